The van der Waals surface area contributed by atoms with Gasteiger partial charge in [0.2, 0.25) is 5.91 Å². The average molecular weight is 428 g/mol. The van der Waals surface area contributed by atoms with Crippen molar-refractivity contribution in [2.45, 2.75) is 19.8 Å². The molecule has 154 valence electrons. The minimum absolute atomic E-state index is 0.0324. The molecule has 31 heavy (non-hydrogen) atoms. The van der Waals surface area contributed by atoms with Gasteiger partial charge in [-0.25, -0.2) is 4.98 Å². The second-order valence-corrected chi connectivity index (χ2v) is 8.05. The fraction of sp³-hybridized carbons (Fsp3) is 0.120. The van der Waals surface area contributed by atoms with Crippen LogP contribution in [0.15, 0.2) is 78.4 Å². The van der Waals surface area contributed by atoms with Gasteiger partial charge in [0.1, 0.15) is 5.01 Å². The Morgan fingerprint density at radius 3 is 2.48 bits per heavy atom. The van der Waals surface area contributed by atoms with E-state index in [1.165, 1.54) is 0 Å². The summed E-state index contributed by atoms with van der Waals surface area (Å²) in [5, 5.41) is 5.80. The highest BCUT2D eigenvalue weighted by molar-refractivity contribution is 7.13. The van der Waals surface area contributed by atoms with E-state index in [1.807, 2.05) is 60.8 Å². The first-order valence-corrected chi connectivity index (χ1v) is 10.8. The molecule has 0 aliphatic carbocycles. The minimum Gasteiger partial charge on any atom is -0.326 e. The number of nitrogens with one attached hydrogen (secondary N) is 1. The zero-order chi connectivity index (χ0) is 21.6. The molecule has 1 N–H and O–H groups in total. The average Bonchev–Trinajstić information content (AvgIpc) is 3.29. The number of benzene rings is 2. The molecular weight excluding hydrogens is 406 g/mol. The van der Waals surface area contributed by atoms with E-state index in [0.29, 0.717) is 11.3 Å². The van der Waals surface area contributed by atoms with Gasteiger partial charge in [-0.3, -0.25) is 14.6 Å². The normalized spacial score (nSPS) is 10.6. The zero-order valence-corrected chi connectivity index (χ0v) is 17.9. The molecule has 0 aliphatic heterocycles. The Kier molecular flexibility index (Phi) is 6.29. The first-order chi connectivity index (χ1) is 15.1. The number of Topliss-reactive ketones (excluding diaryl/α,β-unsaturated/α-hetero) is 1. The van der Waals surface area contributed by atoms with E-state index >= 15 is 0 Å². The molecule has 5 nitrogen and oxygen atoms in total. The fourth-order valence-corrected chi connectivity index (χ4v) is 3.96. The fourth-order valence-electron chi connectivity index (χ4n) is 3.12. The lowest BCUT2D eigenvalue weighted by Gasteiger charge is -2.07. The van der Waals surface area contributed by atoms with Gasteiger partial charge in [-0.05, 0) is 31.2 Å². The van der Waals surface area contributed by atoms with Crippen molar-refractivity contribution < 1.29 is 9.59 Å². The number of carbonyl (C=O) groups excluding carboxylic acids is 2. The third-order valence-corrected chi connectivity index (χ3v) is 5.72. The van der Waals surface area contributed by atoms with Gasteiger partial charge in [-0.1, -0.05) is 42.0 Å². The smallest absolute Gasteiger partial charge is 0.224 e. The van der Waals surface area contributed by atoms with Crippen LogP contribution in [0.1, 0.15) is 28.8 Å². The Hall–Kier alpha value is -3.64. The van der Waals surface area contributed by atoms with Gasteiger partial charge in [-0.2, -0.15) is 0 Å². The molecule has 0 unspecified atom stereocenters. The van der Waals surface area contributed by atoms with Crippen molar-refractivity contribution in [2.75, 3.05) is 5.32 Å². The predicted molar refractivity (Wildman–Crippen MR) is 124 cm³/mol. The molecule has 2 heterocycles. The van der Waals surface area contributed by atoms with Crippen molar-refractivity contribution in [1.82, 2.24) is 9.97 Å². The number of carbonyl (C=O) groups is 2. The topological polar surface area (TPSA) is 72.0 Å². The lowest BCUT2D eigenvalue weighted by Crippen LogP contribution is -2.13. The summed E-state index contributed by atoms with van der Waals surface area (Å²) in [4.78, 5) is 33.4. The Morgan fingerprint density at radius 1 is 0.935 bits per heavy atom. The van der Waals surface area contributed by atoms with Crippen molar-refractivity contribution in [2.24, 2.45) is 0 Å². The van der Waals surface area contributed by atoms with Crippen LogP contribution in [0.4, 0.5) is 5.69 Å². The molecule has 0 radical (unpaired) electrons. The molecule has 4 rings (SSSR count). The molecule has 1 amide bonds. The van der Waals surface area contributed by atoms with Crippen LogP contribution in [0.25, 0.3) is 21.8 Å². The molecule has 0 bridgehead atoms. The van der Waals surface area contributed by atoms with Gasteiger partial charge in [0.25, 0.3) is 0 Å². The molecule has 2 aromatic carbocycles. The summed E-state index contributed by atoms with van der Waals surface area (Å²) in [6.45, 7) is 1.97. The highest BCUT2D eigenvalue weighted by atomic mass is 32.1. The first-order valence-electron chi connectivity index (χ1n) is 9.94. The second-order valence-electron chi connectivity index (χ2n) is 7.19. The molecule has 0 saturated carbocycles. The molecular formula is C25H21N3O2S. The number of hydrogen-bond donors (Lipinski definition) is 1. The highest BCUT2D eigenvalue weighted by Gasteiger charge is 2.11. The third-order valence-electron chi connectivity index (χ3n) is 4.83. The highest BCUT2D eigenvalue weighted by Crippen LogP contribution is 2.29. The monoisotopic (exact) mass is 427 g/mol. The summed E-state index contributed by atoms with van der Waals surface area (Å²) in [6.07, 6.45) is 3.81. The van der Waals surface area contributed by atoms with Crippen LogP contribution >= 0.6 is 11.3 Å². The van der Waals surface area contributed by atoms with E-state index in [1.54, 1.807) is 35.9 Å². The number of pyridine rings is 1. The van der Waals surface area contributed by atoms with Gasteiger partial charge in [0.05, 0.1) is 5.69 Å². The predicted octanol–water partition coefficient (Wildman–Crippen LogP) is 5.78. The van der Waals surface area contributed by atoms with E-state index in [0.717, 1.165) is 27.4 Å². The Labute approximate surface area is 184 Å². The number of rotatable bonds is 7. The lowest BCUT2D eigenvalue weighted by molar-refractivity contribution is -0.116. The Bertz CT molecular complexity index is 1200. The summed E-state index contributed by atoms with van der Waals surface area (Å²) in [5.74, 6) is -0.219. The Morgan fingerprint density at radius 2 is 1.71 bits per heavy atom. The second kappa shape index (κ2) is 9.45. The van der Waals surface area contributed by atoms with Crippen LogP contribution in [0.2, 0.25) is 0 Å². The summed E-state index contributed by atoms with van der Waals surface area (Å²) in [6, 6.07) is 18.8. The molecule has 0 atom stereocenters. The van der Waals surface area contributed by atoms with Crippen LogP contribution < -0.4 is 5.32 Å². The van der Waals surface area contributed by atoms with Gasteiger partial charge in [-0.15, -0.1) is 11.3 Å². The van der Waals surface area contributed by atoms with Gasteiger partial charge >= 0.3 is 0 Å². The zero-order valence-electron chi connectivity index (χ0n) is 17.0. The maximum atomic E-state index is 12.4. The number of hydrogen-bond acceptors (Lipinski definition) is 5. The van der Waals surface area contributed by atoms with Crippen LogP contribution in [0.3, 0.4) is 0 Å². The van der Waals surface area contributed by atoms with Crippen molar-refractivity contribution in [1.29, 1.82) is 0 Å². The summed E-state index contributed by atoms with van der Waals surface area (Å²) in [5.41, 5.74) is 5.21. The summed E-state index contributed by atoms with van der Waals surface area (Å²) < 4.78 is 0. The minimum atomic E-state index is -0.187. The number of thiazole rings is 1. The van der Waals surface area contributed by atoms with E-state index in [-0.39, 0.29) is 24.5 Å². The number of aryl methyl sites for hydroxylation is 1. The van der Waals surface area contributed by atoms with Crippen LogP contribution in [-0.4, -0.2) is 21.7 Å². The summed E-state index contributed by atoms with van der Waals surface area (Å²) >= 11 is 1.56. The van der Waals surface area contributed by atoms with Crippen LogP contribution in [0, 0.1) is 6.92 Å². The number of nitrogens with zero attached hydrogens (tertiary/aromatic N) is 2. The quantitative estimate of drug-likeness (QED) is 0.379. The molecule has 2 aromatic heterocycles. The largest absolute Gasteiger partial charge is 0.326 e. The van der Waals surface area contributed by atoms with Crippen molar-refractivity contribution in [3.8, 4) is 21.8 Å². The van der Waals surface area contributed by atoms with Crippen molar-refractivity contribution in [3.63, 3.8) is 0 Å². The maximum absolute atomic E-state index is 12.4. The molecule has 0 spiro atoms. The summed E-state index contributed by atoms with van der Waals surface area (Å²) in [7, 11) is 0. The van der Waals surface area contributed by atoms with Gasteiger partial charge in [0.15, 0.2) is 5.78 Å². The molecule has 4 aromatic rings. The maximum Gasteiger partial charge on any atom is 0.224 e. The van der Waals surface area contributed by atoms with Crippen LogP contribution in [0.5, 0.6) is 0 Å². The van der Waals surface area contributed by atoms with E-state index in [2.05, 4.69) is 10.3 Å². The van der Waals surface area contributed by atoms with Gasteiger partial charge < -0.3 is 5.32 Å². The first kappa shape index (κ1) is 20.6. The number of aromatic nitrogens is 2. The standard InChI is InChI=1S/C25H21N3O2S/c1-17-5-7-18(8-6-17)23(29)9-10-24(30)27-21-4-2-3-20(15-21)22-16-31-25(28-22)19-11-13-26-14-12-19/h2-8,11-16H,9-10H2,1H3,(H,27,30). The number of amides is 1. The lowest BCUT2D eigenvalue weighted by atomic mass is 10.0. The van der Waals surface area contributed by atoms with Gasteiger partial charge in [0, 0.05) is 53.0 Å². The number of anilines is 1. The molecule has 6 heteroatoms. The van der Waals surface area contributed by atoms with Crippen molar-refractivity contribution in [3.05, 3.63) is 89.6 Å². The van der Waals surface area contributed by atoms with Crippen LogP contribution in [-0.2, 0) is 4.79 Å². The Balaban J connectivity index is 1.38. The van der Waals surface area contributed by atoms with Crippen molar-refractivity contribution >= 4 is 28.7 Å². The van der Waals surface area contributed by atoms with E-state index < -0.39 is 0 Å². The SMILES string of the molecule is Cc1ccc(C(=O)CCC(=O)Nc2cccc(-c3csc(-c4ccncc4)n3)c2)cc1. The third kappa shape index (κ3) is 5.29. The van der Waals surface area contributed by atoms with E-state index in [4.69, 9.17) is 4.98 Å². The molecule has 0 saturated heterocycles. The van der Waals surface area contributed by atoms with E-state index in [9.17, 15) is 9.59 Å². The number of ketones is 1. The molecule has 0 fully saturated rings. The molecule has 0 aliphatic rings.